The molecule has 3 aromatic rings. The van der Waals surface area contributed by atoms with Crippen LogP contribution >= 0.6 is 0 Å². The van der Waals surface area contributed by atoms with E-state index < -0.39 is 27.6 Å². The Morgan fingerprint density at radius 3 is 2.52 bits per heavy atom. The molecule has 0 bridgehead atoms. The molecule has 0 aliphatic rings. The number of hydrogen-bond donors (Lipinski definition) is 1. The molecule has 1 N–H and O–H groups in total. The molecule has 1 aromatic heterocycles. The number of sulfonamides is 1. The van der Waals surface area contributed by atoms with Crippen molar-refractivity contribution >= 4 is 10.0 Å². The van der Waals surface area contributed by atoms with Gasteiger partial charge in [0.05, 0.1) is 17.5 Å². The van der Waals surface area contributed by atoms with Crippen molar-refractivity contribution in [2.24, 2.45) is 0 Å². The Hall–Kier alpha value is -2.65. The van der Waals surface area contributed by atoms with Crippen LogP contribution in [0.3, 0.4) is 0 Å². The highest BCUT2D eigenvalue weighted by molar-refractivity contribution is 7.88. The van der Waals surface area contributed by atoms with E-state index in [0.717, 1.165) is 0 Å². The van der Waals surface area contributed by atoms with Gasteiger partial charge in [-0.1, -0.05) is 36.4 Å². The van der Waals surface area contributed by atoms with E-state index >= 15 is 0 Å². The first-order valence-electron chi connectivity index (χ1n) is 7.53. The second-order valence-electron chi connectivity index (χ2n) is 5.47. The largest absolute Gasteiger partial charge is 0.216 e. The van der Waals surface area contributed by atoms with Crippen LogP contribution in [-0.2, 0) is 15.8 Å². The topological polar surface area (TPSA) is 89.8 Å². The molecule has 0 aliphatic carbocycles. The van der Waals surface area contributed by atoms with Crippen LogP contribution in [0.4, 0.5) is 4.39 Å². The summed E-state index contributed by atoms with van der Waals surface area (Å²) in [6.07, 6.45) is 0. The summed E-state index contributed by atoms with van der Waals surface area (Å²) < 4.78 is 42.3. The van der Waals surface area contributed by atoms with Gasteiger partial charge >= 0.3 is 0 Å². The van der Waals surface area contributed by atoms with Crippen molar-refractivity contribution in [1.82, 2.24) is 24.9 Å². The van der Waals surface area contributed by atoms with Crippen molar-refractivity contribution in [1.29, 1.82) is 0 Å². The van der Waals surface area contributed by atoms with Crippen molar-refractivity contribution in [2.45, 2.75) is 18.7 Å². The van der Waals surface area contributed by atoms with E-state index in [1.807, 2.05) is 18.2 Å². The lowest BCUT2D eigenvalue weighted by atomic mass is 10.2. The van der Waals surface area contributed by atoms with E-state index in [2.05, 4.69) is 20.2 Å². The Morgan fingerprint density at radius 2 is 1.80 bits per heavy atom. The second kappa shape index (κ2) is 7.08. The molecule has 0 aliphatic heterocycles. The SMILES string of the molecule is CC(NS(=O)(=O)Cc1ccccc1F)c1nnnn1-c1ccccc1. The van der Waals surface area contributed by atoms with Gasteiger partial charge in [0.2, 0.25) is 10.0 Å². The van der Waals surface area contributed by atoms with Crippen LogP contribution < -0.4 is 4.72 Å². The molecule has 0 saturated heterocycles. The number of aromatic nitrogens is 4. The number of nitrogens with zero attached hydrogens (tertiary/aromatic N) is 4. The lowest BCUT2D eigenvalue weighted by Gasteiger charge is -2.14. The van der Waals surface area contributed by atoms with E-state index in [-0.39, 0.29) is 5.56 Å². The molecule has 3 rings (SSSR count). The fourth-order valence-corrected chi connectivity index (χ4v) is 3.77. The minimum absolute atomic E-state index is 0.102. The first-order valence-corrected chi connectivity index (χ1v) is 9.18. The van der Waals surface area contributed by atoms with E-state index in [0.29, 0.717) is 11.5 Å². The second-order valence-corrected chi connectivity index (χ2v) is 7.23. The molecule has 1 unspecified atom stereocenters. The Morgan fingerprint density at radius 1 is 1.12 bits per heavy atom. The number of benzene rings is 2. The van der Waals surface area contributed by atoms with Gasteiger partial charge in [0, 0.05) is 5.56 Å². The molecule has 0 amide bonds. The van der Waals surface area contributed by atoms with Gasteiger partial charge in [0.25, 0.3) is 0 Å². The van der Waals surface area contributed by atoms with Crippen molar-refractivity contribution < 1.29 is 12.8 Å². The highest BCUT2D eigenvalue weighted by atomic mass is 32.2. The fraction of sp³-hybridized carbons (Fsp3) is 0.188. The van der Waals surface area contributed by atoms with E-state index in [1.165, 1.54) is 22.9 Å². The summed E-state index contributed by atoms with van der Waals surface area (Å²) in [7, 11) is -3.78. The summed E-state index contributed by atoms with van der Waals surface area (Å²) in [5, 5.41) is 11.4. The summed E-state index contributed by atoms with van der Waals surface area (Å²) in [4.78, 5) is 0. The first kappa shape index (κ1) is 17.2. The Bertz CT molecular complexity index is 959. The lowest BCUT2D eigenvalue weighted by Crippen LogP contribution is -2.30. The normalized spacial score (nSPS) is 12.9. The first-order chi connectivity index (χ1) is 12.0. The zero-order valence-electron chi connectivity index (χ0n) is 13.4. The molecule has 0 fully saturated rings. The molecule has 7 nitrogen and oxygen atoms in total. The van der Waals surface area contributed by atoms with Crippen molar-refractivity contribution in [3.8, 4) is 5.69 Å². The average Bonchev–Trinajstić information content (AvgIpc) is 3.07. The summed E-state index contributed by atoms with van der Waals surface area (Å²) >= 11 is 0. The van der Waals surface area contributed by atoms with Gasteiger partial charge in [-0.2, -0.15) is 4.68 Å². The number of halogens is 1. The third kappa shape index (κ3) is 4.06. The van der Waals surface area contributed by atoms with Crippen LogP contribution in [-0.4, -0.2) is 28.6 Å². The molecule has 0 spiro atoms. The highest BCUT2D eigenvalue weighted by Crippen LogP contribution is 2.16. The monoisotopic (exact) mass is 361 g/mol. The van der Waals surface area contributed by atoms with E-state index in [4.69, 9.17) is 0 Å². The van der Waals surface area contributed by atoms with Gasteiger partial charge in [0.15, 0.2) is 5.82 Å². The minimum atomic E-state index is -3.78. The van der Waals surface area contributed by atoms with Gasteiger partial charge in [-0.05, 0) is 35.5 Å². The standard InChI is InChI=1S/C16H16FN5O2S/c1-12(16-18-20-21-22(16)14-8-3-2-4-9-14)19-25(23,24)11-13-7-5-6-10-15(13)17/h2-10,12,19H,11H2,1H3. The van der Waals surface area contributed by atoms with Crippen LogP contribution in [0, 0.1) is 5.82 Å². The Balaban J connectivity index is 1.80. The number of nitrogens with one attached hydrogen (secondary N) is 1. The Kier molecular flexibility index (Phi) is 4.86. The van der Waals surface area contributed by atoms with Crippen LogP contribution in [0.5, 0.6) is 0 Å². The van der Waals surface area contributed by atoms with Crippen LogP contribution in [0.25, 0.3) is 5.69 Å². The number of para-hydroxylation sites is 1. The molecule has 25 heavy (non-hydrogen) atoms. The molecule has 130 valence electrons. The molecule has 0 saturated carbocycles. The molecular weight excluding hydrogens is 345 g/mol. The van der Waals surface area contributed by atoms with Crippen LogP contribution in [0.2, 0.25) is 0 Å². The number of hydrogen-bond acceptors (Lipinski definition) is 5. The maximum absolute atomic E-state index is 13.7. The maximum Gasteiger partial charge on any atom is 0.216 e. The highest BCUT2D eigenvalue weighted by Gasteiger charge is 2.22. The van der Waals surface area contributed by atoms with Crippen LogP contribution in [0.1, 0.15) is 24.4 Å². The average molecular weight is 361 g/mol. The smallest absolute Gasteiger partial charge is 0.212 e. The molecule has 0 radical (unpaired) electrons. The third-order valence-electron chi connectivity index (χ3n) is 3.54. The van der Waals surface area contributed by atoms with Gasteiger partial charge in [-0.15, -0.1) is 5.10 Å². The van der Waals surface area contributed by atoms with Gasteiger partial charge in [-0.3, -0.25) is 0 Å². The van der Waals surface area contributed by atoms with Crippen molar-refractivity contribution in [3.05, 3.63) is 71.8 Å². The number of rotatable bonds is 6. The molecule has 2 aromatic carbocycles. The van der Waals surface area contributed by atoms with Gasteiger partial charge in [0.1, 0.15) is 5.82 Å². The predicted octanol–water partition coefficient (Wildman–Crippen LogP) is 1.98. The molecule has 1 heterocycles. The number of tetrazole rings is 1. The quantitative estimate of drug-likeness (QED) is 0.725. The third-order valence-corrected chi connectivity index (χ3v) is 4.95. The van der Waals surface area contributed by atoms with Crippen molar-refractivity contribution in [3.63, 3.8) is 0 Å². The minimum Gasteiger partial charge on any atom is -0.212 e. The lowest BCUT2D eigenvalue weighted by molar-refractivity contribution is 0.550. The molecular formula is C16H16FN5O2S. The van der Waals surface area contributed by atoms with Gasteiger partial charge < -0.3 is 0 Å². The van der Waals surface area contributed by atoms with E-state index in [1.54, 1.807) is 25.1 Å². The molecule has 1 atom stereocenters. The summed E-state index contributed by atoms with van der Waals surface area (Å²) in [5.41, 5.74) is 0.813. The fourth-order valence-electron chi connectivity index (χ4n) is 2.40. The van der Waals surface area contributed by atoms with Crippen LogP contribution in [0.15, 0.2) is 54.6 Å². The summed E-state index contributed by atoms with van der Waals surface area (Å²) in [6.45, 7) is 1.63. The summed E-state index contributed by atoms with van der Waals surface area (Å²) in [6, 6.07) is 14.2. The van der Waals surface area contributed by atoms with Crippen molar-refractivity contribution in [2.75, 3.05) is 0 Å². The zero-order valence-corrected chi connectivity index (χ0v) is 14.2. The van der Waals surface area contributed by atoms with E-state index in [9.17, 15) is 12.8 Å². The Labute approximate surface area is 144 Å². The molecule has 9 heteroatoms. The summed E-state index contributed by atoms with van der Waals surface area (Å²) in [5.74, 6) is -0.686. The van der Waals surface area contributed by atoms with Gasteiger partial charge in [-0.25, -0.2) is 17.5 Å². The zero-order chi connectivity index (χ0) is 17.9. The maximum atomic E-state index is 13.7. The predicted molar refractivity (Wildman–Crippen MR) is 89.7 cm³/mol.